The Kier molecular flexibility index (Phi) is 1.26. The second-order valence-electron chi connectivity index (χ2n) is 3.77. The zero-order valence-corrected chi connectivity index (χ0v) is 6.85. The van der Waals surface area contributed by atoms with Crippen molar-refractivity contribution in [3.8, 4) is 0 Å². The molecule has 2 aliphatic rings. The van der Waals surface area contributed by atoms with Crippen molar-refractivity contribution in [1.29, 1.82) is 0 Å². The molecule has 0 spiro atoms. The second-order valence-corrected chi connectivity index (χ2v) is 3.77. The smallest absolute Gasteiger partial charge is 0.0692 e. The predicted octanol–water partition coefficient (Wildman–Crippen LogP) is -0.257. The Balaban J connectivity index is 1.65. The Morgan fingerprint density at radius 2 is 2.25 bits per heavy atom. The average molecular weight is 164 g/mol. The first-order chi connectivity index (χ1) is 5.95. The molecule has 2 fully saturated rings. The lowest BCUT2D eigenvalue weighted by atomic mass is 10.3. The third-order valence-corrected chi connectivity index (χ3v) is 3.14. The van der Waals surface area contributed by atoms with Crippen LogP contribution in [0.5, 0.6) is 0 Å². The molecule has 1 N–H and O–H groups in total. The molecule has 2 heterocycles. The Hall–Kier alpha value is -0.900. The molecule has 3 atom stereocenters. The molecule has 1 aromatic heterocycles. The highest BCUT2D eigenvalue weighted by Crippen LogP contribution is 2.49. The lowest BCUT2D eigenvalue weighted by Gasteiger charge is -2.02. The quantitative estimate of drug-likeness (QED) is 0.655. The SMILES string of the molecule is c1cn(CC2[C@H]3CNC[C@@H]23)nn1. The van der Waals surface area contributed by atoms with Crippen LogP contribution in [0.1, 0.15) is 0 Å². The summed E-state index contributed by atoms with van der Waals surface area (Å²) in [7, 11) is 0. The number of aromatic nitrogens is 3. The third-order valence-electron chi connectivity index (χ3n) is 3.14. The largest absolute Gasteiger partial charge is 0.316 e. The van der Waals surface area contributed by atoms with E-state index in [0.717, 1.165) is 24.3 Å². The number of hydrogen-bond acceptors (Lipinski definition) is 3. The number of piperidine rings is 1. The van der Waals surface area contributed by atoms with Gasteiger partial charge in [-0.1, -0.05) is 5.21 Å². The molecule has 12 heavy (non-hydrogen) atoms. The minimum atomic E-state index is 0.868. The Morgan fingerprint density at radius 1 is 1.42 bits per heavy atom. The van der Waals surface area contributed by atoms with E-state index >= 15 is 0 Å². The fourth-order valence-corrected chi connectivity index (χ4v) is 2.36. The molecule has 1 aliphatic heterocycles. The van der Waals surface area contributed by atoms with Gasteiger partial charge in [0.05, 0.1) is 6.20 Å². The topological polar surface area (TPSA) is 42.7 Å². The van der Waals surface area contributed by atoms with Crippen LogP contribution in [-0.2, 0) is 6.54 Å². The summed E-state index contributed by atoms with van der Waals surface area (Å²) >= 11 is 0. The van der Waals surface area contributed by atoms with Crippen molar-refractivity contribution in [3.63, 3.8) is 0 Å². The van der Waals surface area contributed by atoms with Crippen molar-refractivity contribution in [2.45, 2.75) is 6.54 Å². The molecule has 1 unspecified atom stereocenters. The normalized spacial score (nSPS) is 38.2. The number of nitrogens with one attached hydrogen (secondary N) is 1. The highest BCUT2D eigenvalue weighted by molar-refractivity contribution is 5.03. The summed E-state index contributed by atoms with van der Waals surface area (Å²) in [6.07, 6.45) is 3.69. The summed E-state index contributed by atoms with van der Waals surface area (Å²) in [6.45, 7) is 3.49. The zero-order valence-electron chi connectivity index (χ0n) is 6.85. The summed E-state index contributed by atoms with van der Waals surface area (Å²) in [5, 5.41) is 11.2. The minimum Gasteiger partial charge on any atom is -0.316 e. The number of nitrogens with zero attached hydrogens (tertiary/aromatic N) is 3. The van der Waals surface area contributed by atoms with E-state index in [2.05, 4.69) is 15.6 Å². The number of fused-ring (bicyclic) bond motifs is 1. The van der Waals surface area contributed by atoms with Gasteiger partial charge >= 0.3 is 0 Å². The summed E-state index contributed by atoms with van der Waals surface area (Å²) in [4.78, 5) is 0. The van der Waals surface area contributed by atoms with E-state index in [9.17, 15) is 0 Å². The van der Waals surface area contributed by atoms with Gasteiger partial charge in [0.15, 0.2) is 0 Å². The molecule has 4 heteroatoms. The van der Waals surface area contributed by atoms with Gasteiger partial charge in [0.25, 0.3) is 0 Å². The fraction of sp³-hybridized carbons (Fsp3) is 0.750. The van der Waals surface area contributed by atoms with Gasteiger partial charge in [-0.3, -0.25) is 4.68 Å². The Labute approximate surface area is 71.0 Å². The molecule has 1 saturated heterocycles. The molecular formula is C8H12N4. The van der Waals surface area contributed by atoms with Crippen molar-refractivity contribution in [2.24, 2.45) is 17.8 Å². The summed E-state index contributed by atoms with van der Waals surface area (Å²) in [5.74, 6) is 2.72. The van der Waals surface area contributed by atoms with Gasteiger partial charge in [-0.05, 0) is 30.8 Å². The number of rotatable bonds is 2. The molecule has 0 radical (unpaired) electrons. The zero-order chi connectivity index (χ0) is 7.97. The van der Waals surface area contributed by atoms with Gasteiger partial charge in [0.2, 0.25) is 0 Å². The Morgan fingerprint density at radius 3 is 2.92 bits per heavy atom. The fourth-order valence-electron chi connectivity index (χ4n) is 2.36. The highest BCUT2D eigenvalue weighted by atomic mass is 15.4. The maximum absolute atomic E-state index is 3.97. The van der Waals surface area contributed by atoms with E-state index in [1.165, 1.54) is 13.1 Å². The first-order valence-corrected chi connectivity index (χ1v) is 4.50. The Bertz CT molecular complexity index is 259. The van der Waals surface area contributed by atoms with E-state index in [1.807, 2.05) is 10.9 Å². The van der Waals surface area contributed by atoms with E-state index in [4.69, 9.17) is 0 Å². The summed E-state index contributed by atoms with van der Waals surface area (Å²) < 4.78 is 1.95. The number of hydrogen-bond donors (Lipinski definition) is 1. The standard InChI is InChI=1S/C8H12N4/c1-2-12(11-10-1)5-8-6-3-9-4-7(6)8/h1-2,6-9H,3-5H2/t6-,7+,8?. The highest BCUT2D eigenvalue weighted by Gasteiger charge is 2.52. The van der Waals surface area contributed by atoms with Crippen LogP contribution < -0.4 is 5.32 Å². The van der Waals surface area contributed by atoms with E-state index in [0.29, 0.717) is 0 Å². The molecule has 1 aromatic rings. The van der Waals surface area contributed by atoms with Crippen LogP contribution in [0.25, 0.3) is 0 Å². The van der Waals surface area contributed by atoms with Crippen LogP contribution in [0.4, 0.5) is 0 Å². The van der Waals surface area contributed by atoms with E-state index in [-0.39, 0.29) is 0 Å². The predicted molar refractivity (Wildman–Crippen MR) is 43.4 cm³/mol. The summed E-state index contributed by atoms with van der Waals surface area (Å²) in [5.41, 5.74) is 0. The molecule has 1 aliphatic carbocycles. The average Bonchev–Trinajstić information content (AvgIpc) is 2.59. The van der Waals surface area contributed by atoms with Crippen LogP contribution in [0.3, 0.4) is 0 Å². The van der Waals surface area contributed by atoms with Crippen LogP contribution in [0, 0.1) is 17.8 Å². The molecule has 0 aromatic carbocycles. The molecule has 1 saturated carbocycles. The van der Waals surface area contributed by atoms with Gasteiger partial charge in [-0.25, -0.2) is 0 Å². The summed E-state index contributed by atoms with van der Waals surface area (Å²) in [6, 6.07) is 0. The molecular weight excluding hydrogens is 152 g/mol. The third kappa shape index (κ3) is 0.876. The first-order valence-electron chi connectivity index (χ1n) is 4.50. The van der Waals surface area contributed by atoms with E-state index < -0.39 is 0 Å². The van der Waals surface area contributed by atoms with Gasteiger partial charge in [-0.15, -0.1) is 5.10 Å². The van der Waals surface area contributed by atoms with Crippen molar-refractivity contribution >= 4 is 0 Å². The van der Waals surface area contributed by atoms with Crippen LogP contribution >= 0.6 is 0 Å². The van der Waals surface area contributed by atoms with Crippen LogP contribution in [0.2, 0.25) is 0 Å². The van der Waals surface area contributed by atoms with Gasteiger partial charge in [0, 0.05) is 12.7 Å². The van der Waals surface area contributed by atoms with Crippen molar-refractivity contribution in [1.82, 2.24) is 20.3 Å². The molecule has 3 rings (SSSR count). The lowest BCUT2D eigenvalue weighted by molar-refractivity contribution is 0.474. The maximum atomic E-state index is 3.97. The maximum Gasteiger partial charge on any atom is 0.0692 e. The van der Waals surface area contributed by atoms with Gasteiger partial charge < -0.3 is 5.32 Å². The molecule has 0 bridgehead atoms. The molecule has 4 nitrogen and oxygen atoms in total. The first kappa shape index (κ1) is 6.60. The van der Waals surface area contributed by atoms with Crippen molar-refractivity contribution < 1.29 is 0 Å². The van der Waals surface area contributed by atoms with Crippen LogP contribution in [0.15, 0.2) is 12.4 Å². The van der Waals surface area contributed by atoms with Gasteiger partial charge in [0.1, 0.15) is 0 Å². The van der Waals surface area contributed by atoms with E-state index in [1.54, 1.807) is 6.20 Å². The molecule has 0 amide bonds. The second kappa shape index (κ2) is 2.29. The van der Waals surface area contributed by atoms with Gasteiger partial charge in [-0.2, -0.15) is 0 Å². The minimum absolute atomic E-state index is 0.868. The molecule has 64 valence electrons. The monoisotopic (exact) mass is 164 g/mol. The van der Waals surface area contributed by atoms with Crippen LogP contribution in [-0.4, -0.2) is 28.1 Å². The lowest BCUT2D eigenvalue weighted by Crippen LogP contribution is -2.17. The van der Waals surface area contributed by atoms with Crippen molar-refractivity contribution in [2.75, 3.05) is 13.1 Å². The van der Waals surface area contributed by atoms with Crippen molar-refractivity contribution in [3.05, 3.63) is 12.4 Å².